The molecule has 0 unspecified atom stereocenters. The Bertz CT molecular complexity index is 987. The second-order valence-electron chi connectivity index (χ2n) is 6.52. The van der Waals surface area contributed by atoms with Crippen LogP contribution in [0.4, 0.5) is 5.69 Å². The van der Waals surface area contributed by atoms with E-state index in [2.05, 4.69) is 5.32 Å². The first kappa shape index (κ1) is 17.9. The molecule has 0 fully saturated rings. The van der Waals surface area contributed by atoms with E-state index >= 15 is 0 Å². The SMILES string of the molecule is Cc1c(Cl)ccc(NC(=O)CC2c3ccccc3Oc3ccccc32)c1Cl. The van der Waals surface area contributed by atoms with Gasteiger partial charge in [0.2, 0.25) is 5.91 Å². The maximum absolute atomic E-state index is 12.8. The van der Waals surface area contributed by atoms with Crippen molar-refractivity contribution in [3.8, 4) is 11.5 Å². The summed E-state index contributed by atoms with van der Waals surface area (Å²) < 4.78 is 5.99. The van der Waals surface area contributed by atoms with Gasteiger partial charge in [-0.05, 0) is 36.8 Å². The van der Waals surface area contributed by atoms with Crippen molar-refractivity contribution in [3.05, 3.63) is 87.4 Å². The molecule has 0 saturated carbocycles. The highest BCUT2D eigenvalue weighted by Crippen LogP contribution is 2.45. The molecule has 0 spiro atoms. The number of anilines is 1. The molecular weight excluding hydrogens is 381 g/mol. The van der Waals surface area contributed by atoms with Gasteiger partial charge in [-0.1, -0.05) is 59.6 Å². The van der Waals surface area contributed by atoms with Crippen LogP contribution in [0.3, 0.4) is 0 Å². The molecule has 3 nitrogen and oxygen atoms in total. The van der Waals surface area contributed by atoms with E-state index in [1.54, 1.807) is 12.1 Å². The van der Waals surface area contributed by atoms with Gasteiger partial charge in [0, 0.05) is 28.5 Å². The summed E-state index contributed by atoms with van der Waals surface area (Å²) in [6, 6.07) is 19.1. The van der Waals surface area contributed by atoms with Crippen molar-refractivity contribution < 1.29 is 9.53 Å². The summed E-state index contributed by atoms with van der Waals surface area (Å²) >= 11 is 12.4. The Labute approximate surface area is 167 Å². The highest BCUT2D eigenvalue weighted by molar-refractivity contribution is 6.38. The van der Waals surface area contributed by atoms with Crippen LogP contribution in [0.1, 0.15) is 29.0 Å². The predicted molar refractivity (Wildman–Crippen MR) is 109 cm³/mol. The van der Waals surface area contributed by atoms with Crippen molar-refractivity contribution in [1.82, 2.24) is 0 Å². The van der Waals surface area contributed by atoms with E-state index in [0.29, 0.717) is 15.7 Å². The first-order valence-corrected chi connectivity index (χ1v) is 9.40. The number of rotatable bonds is 3. The zero-order chi connectivity index (χ0) is 19.0. The second-order valence-corrected chi connectivity index (χ2v) is 7.30. The van der Waals surface area contributed by atoms with E-state index in [9.17, 15) is 4.79 Å². The Morgan fingerprint density at radius 3 is 2.19 bits per heavy atom. The number of carbonyl (C=O) groups excluding carboxylic acids is 1. The van der Waals surface area contributed by atoms with Gasteiger partial charge in [0.05, 0.1) is 10.7 Å². The van der Waals surface area contributed by atoms with Gasteiger partial charge in [-0.15, -0.1) is 0 Å². The predicted octanol–water partition coefficient (Wildman–Crippen LogP) is 6.57. The van der Waals surface area contributed by atoms with Crippen LogP contribution in [0.2, 0.25) is 10.0 Å². The molecule has 136 valence electrons. The number of benzene rings is 3. The van der Waals surface area contributed by atoms with Gasteiger partial charge in [0.15, 0.2) is 0 Å². The van der Waals surface area contributed by atoms with Gasteiger partial charge >= 0.3 is 0 Å². The van der Waals surface area contributed by atoms with E-state index in [4.69, 9.17) is 27.9 Å². The van der Waals surface area contributed by atoms with Crippen LogP contribution in [0.25, 0.3) is 0 Å². The van der Waals surface area contributed by atoms with Crippen LogP contribution in [0.5, 0.6) is 11.5 Å². The van der Waals surface area contributed by atoms with Gasteiger partial charge < -0.3 is 10.1 Å². The summed E-state index contributed by atoms with van der Waals surface area (Å²) in [5, 5.41) is 3.95. The van der Waals surface area contributed by atoms with Crippen molar-refractivity contribution in [2.24, 2.45) is 0 Å². The Morgan fingerprint density at radius 1 is 0.963 bits per heavy atom. The summed E-state index contributed by atoms with van der Waals surface area (Å²) in [6.45, 7) is 1.82. The van der Waals surface area contributed by atoms with Crippen molar-refractivity contribution in [2.45, 2.75) is 19.3 Å². The lowest BCUT2D eigenvalue weighted by Crippen LogP contribution is -2.19. The zero-order valence-electron chi connectivity index (χ0n) is 14.6. The first-order valence-electron chi connectivity index (χ1n) is 8.64. The topological polar surface area (TPSA) is 38.3 Å². The maximum atomic E-state index is 12.8. The number of halogens is 2. The second kappa shape index (κ2) is 7.26. The van der Waals surface area contributed by atoms with Crippen LogP contribution >= 0.6 is 23.2 Å². The summed E-state index contributed by atoms with van der Waals surface area (Å²) in [5.74, 6) is 1.37. The third-order valence-electron chi connectivity index (χ3n) is 4.79. The van der Waals surface area contributed by atoms with Crippen LogP contribution in [0.15, 0.2) is 60.7 Å². The minimum atomic E-state index is -0.116. The summed E-state index contributed by atoms with van der Waals surface area (Å²) in [6.07, 6.45) is 0.287. The van der Waals surface area contributed by atoms with Crippen LogP contribution in [-0.4, -0.2) is 5.91 Å². The molecule has 0 atom stereocenters. The average Bonchev–Trinajstić information content (AvgIpc) is 2.68. The van der Waals surface area contributed by atoms with Gasteiger partial charge in [-0.3, -0.25) is 4.79 Å². The van der Waals surface area contributed by atoms with Crippen LogP contribution in [-0.2, 0) is 4.79 Å². The van der Waals surface area contributed by atoms with E-state index in [1.807, 2.05) is 55.5 Å². The normalized spacial score (nSPS) is 12.7. The van der Waals surface area contributed by atoms with E-state index in [1.165, 1.54) is 0 Å². The third-order valence-corrected chi connectivity index (χ3v) is 5.69. The fourth-order valence-electron chi connectivity index (χ4n) is 3.37. The van der Waals surface area contributed by atoms with Crippen LogP contribution < -0.4 is 10.1 Å². The fourth-order valence-corrected chi connectivity index (χ4v) is 3.79. The van der Waals surface area contributed by atoms with Gasteiger partial charge in [-0.25, -0.2) is 0 Å². The number of carbonyl (C=O) groups is 1. The number of hydrogen-bond acceptors (Lipinski definition) is 2. The summed E-state index contributed by atoms with van der Waals surface area (Å²) in [7, 11) is 0. The Balaban J connectivity index is 1.63. The fraction of sp³-hybridized carbons (Fsp3) is 0.136. The molecule has 1 heterocycles. The number of ether oxygens (including phenoxy) is 1. The van der Waals surface area contributed by atoms with Crippen molar-refractivity contribution in [2.75, 3.05) is 5.32 Å². The Morgan fingerprint density at radius 2 is 1.56 bits per heavy atom. The standard InChI is InChI=1S/C22H17Cl2NO2/c1-13-17(23)10-11-18(22(13)24)25-21(26)12-16-14-6-2-4-8-19(14)27-20-9-5-3-7-15(16)20/h2-11,16H,12H2,1H3,(H,25,26). The molecule has 1 aliphatic heterocycles. The number of amides is 1. The van der Waals surface area contributed by atoms with Gasteiger partial charge in [0.25, 0.3) is 0 Å². The molecule has 1 amide bonds. The lowest BCUT2D eigenvalue weighted by atomic mass is 9.85. The molecule has 0 bridgehead atoms. The minimum absolute atomic E-state index is 0.0849. The molecule has 5 heteroatoms. The van der Waals surface area contributed by atoms with Gasteiger partial charge in [0.1, 0.15) is 11.5 Å². The van der Waals surface area contributed by atoms with E-state index < -0.39 is 0 Å². The largest absolute Gasteiger partial charge is 0.457 e. The van der Waals surface area contributed by atoms with Crippen LogP contribution in [0, 0.1) is 6.92 Å². The molecular formula is C22H17Cl2NO2. The van der Waals surface area contributed by atoms with Crippen molar-refractivity contribution in [1.29, 1.82) is 0 Å². The quantitative estimate of drug-likeness (QED) is 0.542. The lowest BCUT2D eigenvalue weighted by molar-refractivity contribution is -0.116. The van der Waals surface area contributed by atoms with E-state index in [0.717, 1.165) is 28.2 Å². The Hall–Kier alpha value is -2.49. The molecule has 27 heavy (non-hydrogen) atoms. The molecule has 0 aromatic heterocycles. The highest BCUT2D eigenvalue weighted by atomic mass is 35.5. The van der Waals surface area contributed by atoms with Gasteiger partial charge in [-0.2, -0.15) is 0 Å². The number of hydrogen-bond donors (Lipinski definition) is 1. The lowest BCUT2D eigenvalue weighted by Gasteiger charge is -2.28. The molecule has 3 aromatic rings. The molecule has 0 saturated heterocycles. The molecule has 1 aliphatic rings. The summed E-state index contributed by atoms with van der Waals surface area (Å²) in [4.78, 5) is 12.8. The number of para-hydroxylation sites is 2. The highest BCUT2D eigenvalue weighted by Gasteiger charge is 2.28. The first-order chi connectivity index (χ1) is 13.0. The summed E-state index contributed by atoms with van der Waals surface area (Å²) in [5.41, 5.74) is 3.32. The average molecular weight is 398 g/mol. The third kappa shape index (κ3) is 3.41. The number of nitrogens with one attached hydrogen (secondary N) is 1. The van der Waals surface area contributed by atoms with E-state index in [-0.39, 0.29) is 18.2 Å². The molecule has 3 aromatic carbocycles. The number of fused-ring (bicyclic) bond motifs is 2. The molecule has 0 aliphatic carbocycles. The zero-order valence-corrected chi connectivity index (χ0v) is 16.1. The molecule has 4 rings (SSSR count). The molecule has 1 N–H and O–H groups in total. The minimum Gasteiger partial charge on any atom is -0.457 e. The maximum Gasteiger partial charge on any atom is 0.225 e. The van der Waals surface area contributed by atoms with Crippen molar-refractivity contribution >= 4 is 34.8 Å². The molecule has 0 radical (unpaired) electrons. The monoisotopic (exact) mass is 397 g/mol. The van der Waals surface area contributed by atoms with Crippen molar-refractivity contribution in [3.63, 3.8) is 0 Å². The smallest absolute Gasteiger partial charge is 0.225 e. The Kier molecular flexibility index (Phi) is 4.81.